The maximum absolute atomic E-state index is 13.9. The first-order valence-electron chi connectivity index (χ1n) is 15.3. The molecule has 45 heavy (non-hydrogen) atoms. The molecule has 0 bridgehead atoms. The van der Waals surface area contributed by atoms with Crippen LogP contribution in [0, 0.1) is 5.82 Å². The summed E-state index contributed by atoms with van der Waals surface area (Å²) in [6.45, 7) is 0. The fourth-order valence-corrected chi connectivity index (χ4v) is 7.22. The third kappa shape index (κ3) is 4.88. The molecular formula is C35H33F2N5O3. The summed E-state index contributed by atoms with van der Waals surface area (Å²) in [4.78, 5) is 34.1. The van der Waals surface area contributed by atoms with Crippen molar-refractivity contribution in [3.05, 3.63) is 88.9 Å². The van der Waals surface area contributed by atoms with Gasteiger partial charge in [-0.1, -0.05) is 25.0 Å². The summed E-state index contributed by atoms with van der Waals surface area (Å²) in [5, 5.41) is 13.3. The lowest BCUT2D eigenvalue weighted by Gasteiger charge is -2.41. The molecule has 7 rings (SSSR count). The van der Waals surface area contributed by atoms with E-state index < -0.39 is 17.3 Å². The van der Waals surface area contributed by atoms with Gasteiger partial charge in [0.05, 0.1) is 34.2 Å². The molecule has 2 fully saturated rings. The van der Waals surface area contributed by atoms with Crippen LogP contribution in [0.2, 0.25) is 0 Å². The Balaban J connectivity index is 1.24. The Morgan fingerprint density at radius 3 is 2.44 bits per heavy atom. The summed E-state index contributed by atoms with van der Waals surface area (Å²) >= 11 is 0. The van der Waals surface area contributed by atoms with Gasteiger partial charge in [-0.25, -0.2) is 14.2 Å². The van der Waals surface area contributed by atoms with E-state index in [1.165, 1.54) is 30.7 Å². The van der Waals surface area contributed by atoms with Gasteiger partial charge in [-0.15, -0.1) is 0 Å². The average Bonchev–Trinajstić information content (AvgIpc) is 3.72. The first kappa shape index (κ1) is 28.9. The normalized spacial score (nSPS) is 16.8. The van der Waals surface area contributed by atoms with Gasteiger partial charge in [0.15, 0.2) is 0 Å². The first-order chi connectivity index (χ1) is 21.6. The summed E-state index contributed by atoms with van der Waals surface area (Å²) in [5.41, 5.74) is 5.46. The fraction of sp³-hybridized carbons (Fsp3) is 0.314. The number of nitrogens with one attached hydrogen (secondary N) is 1. The SMILES string of the molecule is Cn1c(C2(NC(=O)c3ccc4c(C5CCCC5)c(-c5ccc(F)cn5)n(C)c4c3)CCC2)nc2ccc(/C=C(\F)C(=O)O)cc21. The number of hydrogen-bond donors (Lipinski definition) is 2. The van der Waals surface area contributed by atoms with Gasteiger partial charge in [-0.3, -0.25) is 9.78 Å². The van der Waals surface area contributed by atoms with Crippen molar-refractivity contribution in [2.75, 3.05) is 0 Å². The van der Waals surface area contributed by atoms with E-state index in [0.29, 0.717) is 39.6 Å². The Morgan fingerprint density at radius 2 is 1.78 bits per heavy atom. The Bertz CT molecular complexity index is 2010. The monoisotopic (exact) mass is 609 g/mol. The van der Waals surface area contributed by atoms with Crippen LogP contribution in [0.15, 0.2) is 60.6 Å². The average molecular weight is 610 g/mol. The van der Waals surface area contributed by atoms with Gasteiger partial charge in [0.1, 0.15) is 11.6 Å². The van der Waals surface area contributed by atoms with E-state index in [9.17, 15) is 18.4 Å². The largest absolute Gasteiger partial charge is 0.476 e. The first-order valence-corrected chi connectivity index (χ1v) is 15.3. The Labute approximate surface area is 258 Å². The molecule has 2 saturated carbocycles. The molecule has 0 spiro atoms. The molecule has 0 radical (unpaired) electrons. The van der Waals surface area contributed by atoms with Gasteiger partial charge in [0.2, 0.25) is 5.83 Å². The molecule has 10 heteroatoms. The maximum atomic E-state index is 13.9. The molecule has 2 aliphatic carbocycles. The van der Waals surface area contributed by atoms with Gasteiger partial charge < -0.3 is 19.6 Å². The zero-order chi connectivity index (χ0) is 31.5. The minimum atomic E-state index is -1.62. The quantitative estimate of drug-likeness (QED) is 0.191. The Kier molecular flexibility index (Phi) is 7.02. The molecule has 3 heterocycles. The van der Waals surface area contributed by atoms with Crippen molar-refractivity contribution in [1.82, 2.24) is 24.4 Å². The highest BCUT2D eigenvalue weighted by molar-refractivity contribution is 6.01. The van der Waals surface area contributed by atoms with Crippen LogP contribution in [-0.4, -0.2) is 36.1 Å². The van der Waals surface area contributed by atoms with Crippen LogP contribution in [0.3, 0.4) is 0 Å². The molecule has 5 aromatic rings. The highest BCUT2D eigenvalue weighted by Crippen LogP contribution is 2.45. The minimum absolute atomic E-state index is 0.208. The standard InChI is InChI=1S/C35H33F2N5O3/c1-41-28-18-22(9-11-24(28)30(21-6-3-4-7-21)31(41)27-13-10-23(36)19-38-27)32(43)40-35(14-5-15-35)34-39-26-12-8-20(16-25(37)33(44)45)17-29(26)42(34)2/h8-13,16-19,21H,3-7,14-15H2,1-2H3,(H,40,43)(H,44,45)/b25-16-. The number of pyridine rings is 1. The molecule has 0 unspecified atom stereocenters. The molecule has 1 amide bonds. The second-order valence-corrected chi connectivity index (χ2v) is 12.3. The number of aromatic nitrogens is 4. The predicted molar refractivity (Wildman–Crippen MR) is 168 cm³/mol. The van der Waals surface area contributed by atoms with Gasteiger partial charge in [-0.2, -0.15) is 4.39 Å². The number of imidazole rings is 1. The summed E-state index contributed by atoms with van der Waals surface area (Å²) in [6, 6.07) is 14.0. The highest BCUT2D eigenvalue weighted by atomic mass is 19.1. The lowest BCUT2D eigenvalue weighted by Crippen LogP contribution is -2.52. The number of carboxylic acid groups (broad SMARTS) is 1. The van der Waals surface area contributed by atoms with E-state index in [0.717, 1.165) is 54.8 Å². The number of aliphatic carboxylic acids is 1. The number of carboxylic acids is 1. The summed E-state index contributed by atoms with van der Waals surface area (Å²) in [7, 11) is 3.82. The van der Waals surface area contributed by atoms with Crippen LogP contribution in [0.4, 0.5) is 8.78 Å². The molecule has 2 aliphatic rings. The van der Waals surface area contributed by atoms with Crippen molar-refractivity contribution >= 4 is 39.9 Å². The van der Waals surface area contributed by atoms with E-state index in [1.807, 2.05) is 36.9 Å². The smallest absolute Gasteiger partial charge is 0.364 e. The topological polar surface area (TPSA) is 102 Å². The molecule has 8 nitrogen and oxygen atoms in total. The second kappa shape index (κ2) is 10.9. The Hall–Kier alpha value is -4.86. The summed E-state index contributed by atoms with van der Waals surface area (Å²) < 4.78 is 31.5. The number of fused-ring (bicyclic) bond motifs is 2. The predicted octanol–water partition coefficient (Wildman–Crippen LogP) is 7.13. The molecule has 0 atom stereocenters. The van der Waals surface area contributed by atoms with Crippen molar-refractivity contribution in [2.45, 2.75) is 56.4 Å². The molecule has 0 aliphatic heterocycles. The van der Waals surface area contributed by atoms with Gasteiger partial charge in [-0.05, 0) is 91.6 Å². The lowest BCUT2D eigenvalue weighted by molar-refractivity contribution is -0.134. The van der Waals surface area contributed by atoms with Crippen LogP contribution >= 0.6 is 0 Å². The molecular weight excluding hydrogens is 576 g/mol. The van der Waals surface area contributed by atoms with Gasteiger partial charge in [0.25, 0.3) is 5.91 Å². The molecule has 0 saturated heterocycles. The summed E-state index contributed by atoms with van der Waals surface area (Å²) in [5.74, 6) is -2.38. The van der Waals surface area contributed by atoms with Crippen LogP contribution in [0.1, 0.15) is 78.2 Å². The highest BCUT2D eigenvalue weighted by Gasteiger charge is 2.44. The van der Waals surface area contributed by atoms with Crippen molar-refractivity contribution in [3.63, 3.8) is 0 Å². The van der Waals surface area contributed by atoms with Gasteiger partial charge >= 0.3 is 5.97 Å². The number of carbonyl (C=O) groups is 2. The van der Waals surface area contributed by atoms with E-state index in [1.54, 1.807) is 24.3 Å². The van der Waals surface area contributed by atoms with Crippen LogP contribution in [-0.2, 0) is 24.4 Å². The number of nitrogens with zero attached hydrogens (tertiary/aromatic N) is 4. The third-order valence-corrected chi connectivity index (χ3v) is 9.63. The maximum Gasteiger partial charge on any atom is 0.364 e. The molecule has 2 N–H and O–H groups in total. The molecule has 2 aromatic carbocycles. The second-order valence-electron chi connectivity index (χ2n) is 12.3. The fourth-order valence-electron chi connectivity index (χ4n) is 7.22. The van der Waals surface area contributed by atoms with E-state index in [4.69, 9.17) is 10.1 Å². The van der Waals surface area contributed by atoms with Crippen LogP contribution in [0.5, 0.6) is 0 Å². The zero-order valence-corrected chi connectivity index (χ0v) is 25.1. The lowest BCUT2D eigenvalue weighted by atomic mass is 9.75. The number of amides is 1. The van der Waals surface area contributed by atoms with Crippen molar-refractivity contribution in [2.24, 2.45) is 14.1 Å². The van der Waals surface area contributed by atoms with Crippen LogP contribution < -0.4 is 5.32 Å². The molecule has 3 aromatic heterocycles. The van der Waals surface area contributed by atoms with Crippen LogP contribution in [0.25, 0.3) is 39.4 Å². The zero-order valence-electron chi connectivity index (χ0n) is 25.1. The number of halogens is 2. The number of aryl methyl sites for hydroxylation is 2. The summed E-state index contributed by atoms with van der Waals surface area (Å²) in [6.07, 6.45) is 9.09. The number of rotatable bonds is 7. The Morgan fingerprint density at radius 1 is 1.00 bits per heavy atom. The van der Waals surface area contributed by atoms with Crippen molar-refractivity contribution < 1.29 is 23.5 Å². The van der Waals surface area contributed by atoms with E-state index in [2.05, 4.69) is 14.9 Å². The van der Waals surface area contributed by atoms with Crippen molar-refractivity contribution in [1.29, 1.82) is 0 Å². The van der Waals surface area contributed by atoms with Gasteiger partial charge in [0, 0.05) is 30.6 Å². The number of benzene rings is 2. The van der Waals surface area contributed by atoms with E-state index >= 15 is 0 Å². The third-order valence-electron chi connectivity index (χ3n) is 9.63. The van der Waals surface area contributed by atoms with Crippen molar-refractivity contribution in [3.8, 4) is 11.4 Å². The number of carbonyl (C=O) groups excluding carboxylic acids is 1. The molecule has 230 valence electrons. The number of hydrogen-bond acceptors (Lipinski definition) is 4. The minimum Gasteiger partial charge on any atom is -0.476 e. The van der Waals surface area contributed by atoms with E-state index in [-0.39, 0.29) is 11.7 Å².